The van der Waals surface area contributed by atoms with E-state index in [0.29, 0.717) is 32.1 Å². The molecule has 5 heteroatoms. The van der Waals surface area contributed by atoms with Crippen LogP contribution in [0.15, 0.2) is 30.3 Å². The van der Waals surface area contributed by atoms with Crippen LogP contribution >= 0.6 is 0 Å². The van der Waals surface area contributed by atoms with Crippen molar-refractivity contribution in [2.45, 2.75) is 71.1 Å². The lowest BCUT2D eigenvalue weighted by atomic mass is 9.88. The molecule has 1 aromatic rings. The third kappa shape index (κ3) is 7.90. The Morgan fingerprint density at radius 2 is 1.75 bits per heavy atom. The van der Waals surface area contributed by atoms with Crippen LogP contribution in [0.25, 0.3) is 0 Å². The van der Waals surface area contributed by atoms with E-state index in [2.05, 4.69) is 12.1 Å². The van der Waals surface area contributed by atoms with E-state index in [-0.39, 0.29) is 12.2 Å². The van der Waals surface area contributed by atoms with Crippen molar-refractivity contribution in [1.29, 1.82) is 0 Å². The molecule has 0 radical (unpaired) electrons. The number of aryl methyl sites for hydroxylation is 1. The van der Waals surface area contributed by atoms with Crippen molar-refractivity contribution < 1.29 is 14.3 Å². The van der Waals surface area contributed by atoms with Crippen molar-refractivity contribution in [3.63, 3.8) is 0 Å². The number of nitrogens with two attached hydrogens (primary N) is 1. The molecule has 28 heavy (non-hydrogen) atoms. The lowest BCUT2D eigenvalue weighted by molar-refractivity contribution is -0.160. The van der Waals surface area contributed by atoms with E-state index in [1.54, 1.807) is 0 Å². The quantitative estimate of drug-likeness (QED) is 0.552. The maximum atomic E-state index is 13.2. The molecule has 1 fully saturated rings. The highest BCUT2D eigenvalue weighted by molar-refractivity contribution is 5.81. The third-order valence-electron chi connectivity index (χ3n) is 5.49. The number of rotatable bonds is 12. The van der Waals surface area contributed by atoms with Crippen molar-refractivity contribution in [3.05, 3.63) is 35.9 Å². The molecule has 5 nitrogen and oxygen atoms in total. The number of nitrogens with zero attached hydrogens (tertiary/aromatic N) is 1. The summed E-state index contributed by atoms with van der Waals surface area (Å²) in [6.45, 7) is 6.24. The molecule has 0 heterocycles. The molecule has 1 aliphatic carbocycles. The molecule has 0 bridgehead atoms. The van der Waals surface area contributed by atoms with Crippen molar-refractivity contribution in [2.75, 3.05) is 26.3 Å². The molecule has 1 saturated carbocycles. The van der Waals surface area contributed by atoms with Crippen molar-refractivity contribution >= 4 is 5.91 Å². The minimum Gasteiger partial charge on any atom is -0.351 e. The first-order valence-electron chi connectivity index (χ1n) is 11.0. The first kappa shape index (κ1) is 22.9. The smallest absolute Gasteiger partial charge is 0.239 e. The van der Waals surface area contributed by atoms with E-state index >= 15 is 0 Å². The third-order valence-corrected chi connectivity index (χ3v) is 5.49. The highest BCUT2D eigenvalue weighted by Gasteiger charge is 2.27. The summed E-state index contributed by atoms with van der Waals surface area (Å²) in [5.41, 5.74) is 7.54. The summed E-state index contributed by atoms with van der Waals surface area (Å²) < 4.78 is 11.4. The van der Waals surface area contributed by atoms with Crippen LogP contribution in [-0.4, -0.2) is 49.4 Å². The molecular formula is C23H38N2O3. The molecule has 2 rings (SSSR count). The zero-order chi connectivity index (χ0) is 20.2. The molecule has 1 amide bonds. The van der Waals surface area contributed by atoms with E-state index in [0.717, 1.165) is 13.0 Å². The van der Waals surface area contributed by atoms with Crippen molar-refractivity contribution in [3.8, 4) is 0 Å². The Morgan fingerprint density at radius 1 is 1.11 bits per heavy atom. The SMILES string of the molecule is CCOC(CN(CC1CCCCC1)C(=O)[C@@H](N)CCc1ccccc1)OCC. The summed E-state index contributed by atoms with van der Waals surface area (Å²) in [7, 11) is 0. The van der Waals surface area contributed by atoms with E-state index in [4.69, 9.17) is 15.2 Å². The van der Waals surface area contributed by atoms with Gasteiger partial charge >= 0.3 is 0 Å². The fourth-order valence-electron chi connectivity index (χ4n) is 3.97. The Morgan fingerprint density at radius 3 is 2.36 bits per heavy atom. The van der Waals surface area contributed by atoms with Crippen LogP contribution in [0.4, 0.5) is 0 Å². The highest BCUT2D eigenvalue weighted by Crippen LogP contribution is 2.25. The normalized spacial score (nSPS) is 16.3. The van der Waals surface area contributed by atoms with Gasteiger partial charge in [0, 0.05) is 19.8 Å². The summed E-state index contributed by atoms with van der Waals surface area (Å²) in [6.07, 6.45) is 7.28. The number of carbonyl (C=O) groups excluding carboxylic acids is 1. The number of benzene rings is 1. The Bertz CT molecular complexity index is 540. The van der Waals surface area contributed by atoms with Gasteiger partial charge in [0.25, 0.3) is 0 Å². The van der Waals surface area contributed by atoms with Gasteiger partial charge in [-0.25, -0.2) is 0 Å². The molecular weight excluding hydrogens is 352 g/mol. The average molecular weight is 391 g/mol. The summed E-state index contributed by atoms with van der Waals surface area (Å²) in [6, 6.07) is 9.71. The van der Waals surface area contributed by atoms with Gasteiger partial charge < -0.3 is 20.1 Å². The second-order valence-corrected chi connectivity index (χ2v) is 7.72. The van der Waals surface area contributed by atoms with Gasteiger partial charge in [-0.3, -0.25) is 4.79 Å². The largest absolute Gasteiger partial charge is 0.351 e. The van der Waals surface area contributed by atoms with Crippen LogP contribution in [0.1, 0.15) is 57.9 Å². The Balaban J connectivity index is 1.98. The zero-order valence-electron chi connectivity index (χ0n) is 17.6. The second-order valence-electron chi connectivity index (χ2n) is 7.72. The molecule has 2 N–H and O–H groups in total. The lowest BCUT2D eigenvalue weighted by Gasteiger charge is -2.33. The van der Waals surface area contributed by atoms with Gasteiger partial charge in [0.1, 0.15) is 0 Å². The molecule has 0 saturated heterocycles. The first-order valence-corrected chi connectivity index (χ1v) is 11.0. The Labute approximate surface area is 170 Å². The molecule has 0 aliphatic heterocycles. The van der Waals surface area contributed by atoms with Gasteiger partial charge in [0.05, 0.1) is 12.6 Å². The first-order chi connectivity index (χ1) is 13.6. The topological polar surface area (TPSA) is 64.8 Å². The predicted molar refractivity (Wildman–Crippen MR) is 113 cm³/mol. The number of ether oxygens (including phenoxy) is 2. The molecule has 1 atom stereocenters. The zero-order valence-corrected chi connectivity index (χ0v) is 17.6. The standard InChI is InChI=1S/C23H38N2O3/c1-3-27-22(28-4-2)18-25(17-20-13-9-6-10-14-20)23(26)21(24)16-15-19-11-7-5-8-12-19/h5,7-8,11-12,20-22H,3-4,6,9-10,13-18,24H2,1-2H3/t21-/m0/s1. The van der Waals surface area contributed by atoms with Gasteiger partial charge in [0.2, 0.25) is 5.91 Å². The number of hydrogen-bond donors (Lipinski definition) is 1. The lowest BCUT2D eigenvalue weighted by Crippen LogP contribution is -2.49. The molecule has 1 aromatic carbocycles. The van der Waals surface area contributed by atoms with Crippen LogP contribution in [-0.2, 0) is 20.7 Å². The van der Waals surface area contributed by atoms with Crippen LogP contribution in [0.3, 0.4) is 0 Å². The van der Waals surface area contributed by atoms with Crippen LogP contribution in [0.5, 0.6) is 0 Å². The van der Waals surface area contributed by atoms with Crippen molar-refractivity contribution in [2.24, 2.45) is 11.7 Å². The number of amides is 1. The maximum Gasteiger partial charge on any atom is 0.239 e. The summed E-state index contributed by atoms with van der Waals surface area (Å²) in [4.78, 5) is 15.1. The van der Waals surface area contributed by atoms with Crippen LogP contribution < -0.4 is 5.73 Å². The molecule has 1 aliphatic rings. The summed E-state index contributed by atoms with van der Waals surface area (Å²) in [5.74, 6) is 0.578. The minimum absolute atomic E-state index is 0.0194. The monoisotopic (exact) mass is 390 g/mol. The second kappa shape index (κ2) is 12.9. The molecule has 0 unspecified atom stereocenters. The Hall–Kier alpha value is -1.43. The van der Waals surface area contributed by atoms with Gasteiger partial charge in [-0.05, 0) is 51.0 Å². The highest BCUT2D eigenvalue weighted by atomic mass is 16.7. The van der Waals surface area contributed by atoms with E-state index < -0.39 is 6.04 Å². The van der Waals surface area contributed by atoms with Gasteiger partial charge in [-0.1, -0.05) is 49.6 Å². The fraction of sp³-hybridized carbons (Fsp3) is 0.696. The van der Waals surface area contributed by atoms with Crippen LogP contribution in [0.2, 0.25) is 0 Å². The molecule has 0 spiro atoms. The van der Waals surface area contributed by atoms with Crippen molar-refractivity contribution in [1.82, 2.24) is 4.90 Å². The van der Waals surface area contributed by atoms with Gasteiger partial charge in [0.15, 0.2) is 6.29 Å². The van der Waals surface area contributed by atoms with Gasteiger partial charge in [-0.15, -0.1) is 0 Å². The fourth-order valence-corrected chi connectivity index (χ4v) is 3.97. The van der Waals surface area contributed by atoms with E-state index in [1.165, 1.54) is 37.7 Å². The predicted octanol–water partition coefficient (Wildman–Crippen LogP) is 3.75. The summed E-state index contributed by atoms with van der Waals surface area (Å²) >= 11 is 0. The van der Waals surface area contributed by atoms with E-state index in [1.807, 2.05) is 36.9 Å². The minimum atomic E-state index is -0.493. The van der Waals surface area contributed by atoms with Crippen LogP contribution in [0, 0.1) is 5.92 Å². The van der Waals surface area contributed by atoms with E-state index in [9.17, 15) is 4.79 Å². The average Bonchev–Trinajstić information content (AvgIpc) is 2.73. The summed E-state index contributed by atoms with van der Waals surface area (Å²) in [5, 5.41) is 0. The number of carbonyl (C=O) groups is 1. The Kier molecular flexibility index (Phi) is 10.5. The number of hydrogen-bond acceptors (Lipinski definition) is 4. The van der Waals surface area contributed by atoms with Gasteiger partial charge in [-0.2, -0.15) is 0 Å². The molecule has 158 valence electrons. The molecule has 0 aromatic heterocycles. The maximum absolute atomic E-state index is 13.2.